The molecule has 1 fully saturated rings. The lowest BCUT2D eigenvalue weighted by Crippen LogP contribution is -2.33. The van der Waals surface area contributed by atoms with E-state index >= 15 is 0 Å². The smallest absolute Gasteiger partial charge is 0.269 e. The molecular formula is C20H19N7O6S. The van der Waals surface area contributed by atoms with Crippen LogP contribution < -0.4 is 5.73 Å². The Labute approximate surface area is 195 Å². The number of nitrogen functional groups attached to an aromatic ring is 1. The number of aromatic nitrogens is 5. The minimum atomic E-state index is -1.35. The third-order valence-corrected chi connectivity index (χ3v) is 6.71. The third kappa shape index (κ3) is 3.61. The van der Waals surface area contributed by atoms with Gasteiger partial charge in [0.25, 0.3) is 5.69 Å². The average molecular weight is 485 g/mol. The molecule has 4 aromatic rings. The van der Waals surface area contributed by atoms with Gasteiger partial charge in [0, 0.05) is 17.9 Å². The summed E-state index contributed by atoms with van der Waals surface area (Å²) in [5, 5.41) is 42.8. The van der Waals surface area contributed by atoms with Gasteiger partial charge in [0.05, 0.1) is 22.3 Å². The van der Waals surface area contributed by atoms with Gasteiger partial charge in [0.1, 0.15) is 53.1 Å². The van der Waals surface area contributed by atoms with Crippen LogP contribution in [-0.2, 0) is 10.5 Å². The number of aliphatic hydroxyl groups is 3. The summed E-state index contributed by atoms with van der Waals surface area (Å²) in [5.74, 6) is 0.630. The van der Waals surface area contributed by atoms with Crippen LogP contribution in [-0.4, -0.2) is 69.7 Å². The number of hydrogen-bond acceptors (Lipinski definition) is 12. The summed E-state index contributed by atoms with van der Waals surface area (Å²) in [7, 11) is 0. The van der Waals surface area contributed by atoms with Crippen LogP contribution in [0, 0.1) is 10.1 Å². The molecule has 4 heterocycles. The second-order valence-corrected chi connectivity index (χ2v) is 8.61. The summed E-state index contributed by atoms with van der Waals surface area (Å²) in [5.41, 5.74) is 7.72. The van der Waals surface area contributed by atoms with Crippen LogP contribution in [0.2, 0.25) is 0 Å². The maximum Gasteiger partial charge on any atom is 0.269 e. The monoisotopic (exact) mass is 485 g/mol. The lowest BCUT2D eigenvalue weighted by molar-refractivity contribution is -0.384. The van der Waals surface area contributed by atoms with Crippen molar-refractivity contribution >= 4 is 45.3 Å². The Morgan fingerprint density at radius 2 is 1.74 bits per heavy atom. The minimum Gasteiger partial charge on any atom is -0.394 e. The summed E-state index contributed by atoms with van der Waals surface area (Å²) >= 11 is 1.36. The van der Waals surface area contributed by atoms with Crippen LogP contribution in [0.1, 0.15) is 11.8 Å². The molecule has 0 radical (unpaired) electrons. The van der Waals surface area contributed by atoms with E-state index in [0.717, 1.165) is 5.56 Å². The van der Waals surface area contributed by atoms with Crippen LogP contribution in [0.15, 0.2) is 41.9 Å². The third-order valence-electron chi connectivity index (χ3n) is 5.65. The standard InChI is InChI=1S/C20H19N7O6S/c21-16-12-13-18(24-8-25-19(13)34-6-9-1-3-10(4-2-9)27(31)32)26(17(12)23-7-22-16)20-15(30)14(29)11(5-28)33-20/h1-4,7-8,11,14-15,20,28-30H,5-6H2,(H2,21,22,23). The number of rotatable bonds is 6. The van der Waals surface area contributed by atoms with Gasteiger partial charge in [-0.1, -0.05) is 12.1 Å². The Morgan fingerprint density at radius 1 is 1.06 bits per heavy atom. The first kappa shape index (κ1) is 22.4. The highest BCUT2D eigenvalue weighted by atomic mass is 32.2. The molecule has 0 spiro atoms. The van der Waals surface area contributed by atoms with Crippen molar-refractivity contribution in [3.8, 4) is 0 Å². The Balaban J connectivity index is 1.59. The van der Waals surface area contributed by atoms with Crippen molar-refractivity contribution in [2.75, 3.05) is 12.3 Å². The molecule has 0 bridgehead atoms. The quantitative estimate of drug-likeness (QED) is 0.130. The fraction of sp³-hybridized carbons (Fsp3) is 0.300. The van der Waals surface area contributed by atoms with Gasteiger partial charge in [0.2, 0.25) is 0 Å². The van der Waals surface area contributed by atoms with E-state index in [1.165, 1.54) is 41.1 Å². The molecule has 14 heteroatoms. The topological polar surface area (TPSA) is 196 Å². The molecule has 1 aliphatic heterocycles. The Kier molecular flexibility index (Phi) is 5.75. The molecule has 4 unspecified atom stereocenters. The highest BCUT2D eigenvalue weighted by Crippen LogP contribution is 2.41. The van der Waals surface area contributed by atoms with Crippen LogP contribution in [0.5, 0.6) is 0 Å². The Morgan fingerprint density at radius 3 is 2.38 bits per heavy atom. The zero-order valence-corrected chi connectivity index (χ0v) is 18.2. The largest absolute Gasteiger partial charge is 0.394 e. The molecule has 0 saturated carbocycles. The Bertz CT molecular complexity index is 1380. The number of nitro groups is 1. The first-order chi connectivity index (χ1) is 16.4. The lowest BCUT2D eigenvalue weighted by Gasteiger charge is -2.18. The molecule has 3 aromatic heterocycles. The van der Waals surface area contributed by atoms with Gasteiger partial charge in [-0.2, -0.15) is 0 Å². The zero-order valence-electron chi connectivity index (χ0n) is 17.4. The van der Waals surface area contributed by atoms with Gasteiger partial charge in [-0.15, -0.1) is 11.8 Å². The molecule has 0 aliphatic carbocycles. The molecule has 1 aromatic carbocycles. The number of aliphatic hydroxyl groups excluding tert-OH is 3. The molecule has 5 N–H and O–H groups in total. The highest BCUT2D eigenvalue weighted by Gasteiger charge is 2.45. The molecule has 34 heavy (non-hydrogen) atoms. The second kappa shape index (κ2) is 8.73. The van der Waals surface area contributed by atoms with Crippen molar-refractivity contribution in [1.29, 1.82) is 0 Å². The van der Waals surface area contributed by atoms with Gasteiger partial charge < -0.3 is 25.8 Å². The Hall–Kier alpha value is -3.43. The summed E-state index contributed by atoms with van der Waals surface area (Å²) < 4.78 is 7.24. The first-order valence-corrected chi connectivity index (χ1v) is 11.1. The predicted molar refractivity (Wildman–Crippen MR) is 121 cm³/mol. The van der Waals surface area contributed by atoms with E-state index in [1.807, 2.05) is 0 Å². The van der Waals surface area contributed by atoms with Gasteiger partial charge in [-0.25, -0.2) is 19.9 Å². The zero-order chi connectivity index (χ0) is 24.0. The van der Waals surface area contributed by atoms with Crippen molar-refractivity contribution in [1.82, 2.24) is 24.5 Å². The summed E-state index contributed by atoms with van der Waals surface area (Å²) in [6.07, 6.45) is -2.10. The van der Waals surface area contributed by atoms with Crippen molar-refractivity contribution in [3.63, 3.8) is 0 Å². The lowest BCUT2D eigenvalue weighted by atomic mass is 10.1. The number of hydrogen-bond donors (Lipinski definition) is 4. The van der Waals surface area contributed by atoms with Crippen LogP contribution in [0.4, 0.5) is 11.5 Å². The fourth-order valence-electron chi connectivity index (χ4n) is 3.98. The SMILES string of the molecule is Nc1ncnc2c1c1c(SCc3ccc([N+](=O)[O-])cc3)ncnc1n2C1OC(CO)C(O)C1O. The van der Waals surface area contributed by atoms with Gasteiger partial charge in [-0.3, -0.25) is 14.7 Å². The average Bonchev–Trinajstić information content (AvgIpc) is 3.32. The predicted octanol–water partition coefficient (Wildman–Crippen LogP) is 0.769. The number of ether oxygens (including phenoxy) is 1. The van der Waals surface area contributed by atoms with Crippen molar-refractivity contribution in [2.24, 2.45) is 0 Å². The van der Waals surface area contributed by atoms with E-state index in [0.29, 0.717) is 32.8 Å². The number of nitro benzene ring substituents is 1. The molecule has 5 rings (SSSR count). The van der Waals surface area contributed by atoms with E-state index in [-0.39, 0.29) is 11.5 Å². The van der Waals surface area contributed by atoms with Crippen molar-refractivity contribution in [2.45, 2.75) is 35.3 Å². The fourth-order valence-corrected chi connectivity index (χ4v) is 4.94. The molecule has 0 amide bonds. The van der Waals surface area contributed by atoms with Crippen LogP contribution >= 0.6 is 11.8 Å². The van der Waals surface area contributed by atoms with Crippen LogP contribution in [0.25, 0.3) is 22.1 Å². The van der Waals surface area contributed by atoms with E-state index in [1.54, 1.807) is 12.1 Å². The maximum atomic E-state index is 10.9. The molecule has 1 saturated heterocycles. The first-order valence-electron chi connectivity index (χ1n) is 10.1. The summed E-state index contributed by atoms with van der Waals surface area (Å²) in [4.78, 5) is 27.6. The second-order valence-electron chi connectivity index (χ2n) is 7.65. The van der Waals surface area contributed by atoms with Gasteiger partial charge >= 0.3 is 0 Å². The molecule has 13 nitrogen and oxygen atoms in total. The molecular weight excluding hydrogens is 466 g/mol. The van der Waals surface area contributed by atoms with Crippen molar-refractivity contribution in [3.05, 3.63) is 52.6 Å². The number of nitrogens with two attached hydrogens (primary N) is 1. The number of benzene rings is 1. The number of thioether (sulfide) groups is 1. The van der Waals surface area contributed by atoms with E-state index in [2.05, 4.69) is 19.9 Å². The molecule has 4 atom stereocenters. The van der Waals surface area contributed by atoms with E-state index < -0.39 is 36.1 Å². The molecule has 176 valence electrons. The number of non-ortho nitro benzene ring substituents is 1. The normalized spacial score (nSPS) is 22.6. The highest BCUT2D eigenvalue weighted by molar-refractivity contribution is 7.98. The molecule has 1 aliphatic rings. The maximum absolute atomic E-state index is 10.9. The number of nitrogens with zero attached hydrogens (tertiary/aromatic N) is 6. The van der Waals surface area contributed by atoms with Crippen molar-refractivity contribution < 1.29 is 25.0 Å². The number of fused-ring (bicyclic) bond motifs is 3. The summed E-state index contributed by atoms with van der Waals surface area (Å²) in [6.45, 7) is -0.478. The van der Waals surface area contributed by atoms with E-state index in [4.69, 9.17) is 10.5 Å². The van der Waals surface area contributed by atoms with Crippen LogP contribution in [0.3, 0.4) is 0 Å². The minimum absolute atomic E-state index is 0.00432. The van der Waals surface area contributed by atoms with E-state index in [9.17, 15) is 25.4 Å². The van der Waals surface area contributed by atoms with Gasteiger partial charge in [-0.05, 0) is 5.56 Å². The summed E-state index contributed by atoms with van der Waals surface area (Å²) in [6, 6.07) is 6.21. The number of anilines is 1. The van der Waals surface area contributed by atoms with Gasteiger partial charge in [0.15, 0.2) is 6.23 Å².